The van der Waals surface area contributed by atoms with Gasteiger partial charge in [0.25, 0.3) is 11.8 Å². The molecule has 0 saturated carbocycles. The van der Waals surface area contributed by atoms with Gasteiger partial charge in [0, 0.05) is 23.9 Å². The van der Waals surface area contributed by atoms with E-state index in [4.69, 9.17) is 0 Å². The number of rotatable bonds is 7. The van der Waals surface area contributed by atoms with Gasteiger partial charge >= 0.3 is 0 Å². The molecule has 0 aliphatic heterocycles. The number of carbonyl (C=O) groups is 2. The third-order valence-electron chi connectivity index (χ3n) is 3.73. The number of aromatic nitrogens is 3. The zero-order valence-electron chi connectivity index (χ0n) is 14.8. The smallest absolute Gasteiger partial charge is 0.274 e. The van der Waals surface area contributed by atoms with Crippen molar-refractivity contribution >= 4 is 34.0 Å². The zero-order chi connectivity index (χ0) is 19.1. The highest BCUT2D eigenvalue weighted by atomic mass is 32.1. The fourth-order valence-corrected chi connectivity index (χ4v) is 3.08. The first-order valence-electron chi connectivity index (χ1n) is 8.62. The van der Waals surface area contributed by atoms with Crippen molar-refractivity contribution in [2.45, 2.75) is 26.2 Å². The Morgan fingerprint density at radius 3 is 2.52 bits per heavy atom. The lowest BCUT2D eigenvalue weighted by Gasteiger charge is -2.06. The van der Waals surface area contributed by atoms with Crippen LogP contribution in [0.2, 0.25) is 0 Å². The minimum atomic E-state index is -0.304. The topological polar surface area (TPSA) is 96.9 Å². The largest absolute Gasteiger partial charge is 0.321 e. The molecule has 0 unspecified atom stereocenters. The SMILES string of the molecule is CCCCc1nnc(NC(=O)c2ccc(NC(=O)c3ccccn3)cc2)s1. The molecule has 7 nitrogen and oxygen atoms in total. The minimum absolute atomic E-state index is 0.268. The van der Waals surface area contributed by atoms with Crippen LogP contribution in [0, 0.1) is 0 Å². The van der Waals surface area contributed by atoms with Crippen LogP contribution in [0.5, 0.6) is 0 Å². The summed E-state index contributed by atoms with van der Waals surface area (Å²) in [5, 5.41) is 15.0. The molecular weight excluding hydrogens is 362 g/mol. The number of amides is 2. The maximum Gasteiger partial charge on any atom is 0.274 e. The van der Waals surface area contributed by atoms with Crippen LogP contribution >= 0.6 is 11.3 Å². The maximum absolute atomic E-state index is 12.3. The summed E-state index contributed by atoms with van der Waals surface area (Å²) < 4.78 is 0. The second kappa shape index (κ2) is 9.00. The number of aryl methyl sites for hydroxylation is 1. The van der Waals surface area contributed by atoms with Gasteiger partial charge in [0.15, 0.2) is 0 Å². The molecule has 0 spiro atoms. The van der Waals surface area contributed by atoms with Gasteiger partial charge in [-0.05, 0) is 42.8 Å². The number of benzene rings is 1. The van der Waals surface area contributed by atoms with Crippen molar-refractivity contribution in [3.8, 4) is 0 Å². The lowest BCUT2D eigenvalue weighted by atomic mass is 10.2. The van der Waals surface area contributed by atoms with E-state index in [1.165, 1.54) is 11.3 Å². The number of hydrogen-bond acceptors (Lipinski definition) is 6. The number of pyridine rings is 1. The summed E-state index contributed by atoms with van der Waals surface area (Å²) in [6.07, 6.45) is 4.57. The van der Waals surface area contributed by atoms with Crippen LogP contribution < -0.4 is 10.6 Å². The van der Waals surface area contributed by atoms with Gasteiger partial charge in [-0.1, -0.05) is 30.7 Å². The zero-order valence-corrected chi connectivity index (χ0v) is 15.6. The molecule has 2 N–H and O–H groups in total. The fourth-order valence-electron chi connectivity index (χ4n) is 2.30. The van der Waals surface area contributed by atoms with Crippen molar-refractivity contribution in [2.75, 3.05) is 10.6 Å². The highest BCUT2D eigenvalue weighted by Gasteiger charge is 2.11. The Balaban J connectivity index is 1.58. The molecule has 138 valence electrons. The summed E-state index contributed by atoms with van der Waals surface area (Å²) >= 11 is 1.39. The Kier molecular flexibility index (Phi) is 6.22. The van der Waals surface area contributed by atoms with Crippen molar-refractivity contribution in [1.82, 2.24) is 15.2 Å². The summed E-state index contributed by atoms with van der Waals surface area (Å²) in [7, 11) is 0. The first kappa shape index (κ1) is 18.7. The van der Waals surface area contributed by atoms with Crippen LogP contribution in [0.3, 0.4) is 0 Å². The predicted molar refractivity (Wildman–Crippen MR) is 105 cm³/mol. The number of hydrogen-bond donors (Lipinski definition) is 2. The number of carbonyl (C=O) groups excluding carboxylic acids is 2. The van der Waals surface area contributed by atoms with Gasteiger partial charge in [-0.2, -0.15) is 0 Å². The van der Waals surface area contributed by atoms with Crippen LogP contribution in [0.15, 0.2) is 48.7 Å². The van der Waals surface area contributed by atoms with Crippen molar-refractivity contribution < 1.29 is 9.59 Å². The molecular formula is C19H19N5O2S. The molecule has 3 aromatic rings. The number of unbranched alkanes of at least 4 members (excludes halogenated alkanes) is 1. The third kappa shape index (κ3) is 5.18. The van der Waals surface area contributed by atoms with Crippen molar-refractivity contribution in [2.24, 2.45) is 0 Å². The molecule has 2 aromatic heterocycles. The van der Waals surface area contributed by atoms with Crippen molar-refractivity contribution in [3.05, 3.63) is 64.9 Å². The summed E-state index contributed by atoms with van der Waals surface area (Å²) in [5.41, 5.74) is 1.38. The van der Waals surface area contributed by atoms with Gasteiger partial charge in [-0.3, -0.25) is 19.9 Å². The number of nitrogens with one attached hydrogen (secondary N) is 2. The summed E-state index contributed by atoms with van der Waals surface area (Å²) in [6.45, 7) is 2.12. The van der Waals surface area contributed by atoms with Crippen LogP contribution in [0.1, 0.15) is 45.6 Å². The average Bonchev–Trinajstić information content (AvgIpc) is 3.14. The van der Waals surface area contributed by atoms with Gasteiger partial charge in [0.05, 0.1) is 0 Å². The van der Waals surface area contributed by atoms with E-state index in [1.54, 1.807) is 48.7 Å². The molecule has 0 aliphatic carbocycles. The van der Waals surface area contributed by atoms with E-state index in [0.717, 1.165) is 24.3 Å². The Labute approximate surface area is 160 Å². The highest BCUT2D eigenvalue weighted by molar-refractivity contribution is 7.15. The standard InChI is InChI=1S/C19H19N5O2S/c1-2-3-7-16-23-24-19(27-16)22-17(25)13-8-10-14(11-9-13)21-18(26)15-6-4-5-12-20-15/h4-6,8-12H,2-3,7H2,1H3,(H,21,26)(H,22,24,25). The maximum atomic E-state index is 12.3. The monoisotopic (exact) mass is 381 g/mol. The van der Waals surface area contributed by atoms with Gasteiger partial charge in [-0.25, -0.2) is 0 Å². The molecule has 0 fully saturated rings. The van der Waals surface area contributed by atoms with Crippen LogP contribution in [0.25, 0.3) is 0 Å². The van der Waals surface area contributed by atoms with E-state index in [2.05, 4.69) is 32.7 Å². The molecule has 0 radical (unpaired) electrons. The quantitative estimate of drug-likeness (QED) is 0.649. The first-order chi connectivity index (χ1) is 13.2. The summed E-state index contributed by atoms with van der Waals surface area (Å²) in [6, 6.07) is 11.7. The molecule has 0 saturated heterocycles. The fraction of sp³-hybridized carbons (Fsp3) is 0.211. The minimum Gasteiger partial charge on any atom is -0.321 e. The Hall–Kier alpha value is -3.13. The third-order valence-corrected chi connectivity index (χ3v) is 4.63. The lowest BCUT2D eigenvalue weighted by Crippen LogP contribution is -2.14. The van der Waals surface area contributed by atoms with Gasteiger partial charge < -0.3 is 5.32 Å². The molecule has 3 rings (SSSR count). The van der Waals surface area contributed by atoms with E-state index >= 15 is 0 Å². The van der Waals surface area contributed by atoms with Gasteiger partial charge in [-0.15, -0.1) is 10.2 Å². The molecule has 27 heavy (non-hydrogen) atoms. The van der Waals surface area contributed by atoms with E-state index in [1.807, 2.05) is 0 Å². The Morgan fingerprint density at radius 1 is 1.00 bits per heavy atom. The second-order valence-corrected chi connectivity index (χ2v) is 6.87. The van der Waals surface area contributed by atoms with Gasteiger partial charge in [0.1, 0.15) is 10.7 Å². The first-order valence-corrected chi connectivity index (χ1v) is 9.43. The lowest BCUT2D eigenvalue weighted by molar-refractivity contribution is 0.101. The molecule has 0 aliphatic rings. The van der Waals surface area contributed by atoms with Crippen LogP contribution in [0.4, 0.5) is 10.8 Å². The Morgan fingerprint density at radius 2 is 1.81 bits per heavy atom. The molecule has 2 amide bonds. The molecule has 2 heterocycles. The molecule has 8 heteroatoms. The van der Waals surface area contributed by atoms with E-state index in [-0.39, 0.29) is 11.8 Å². The normalized spacial score (nSPS) is 10.4. The summed E-state index contributed by atoms with van der Waals surface area (Å²) in [5.74, 6) is -0.572. The summed E-state index contributed by atoms with van der Waals surface area (Å²) in [4.78, 5) is 28.4. The molecule has 0 atom stereocenters. The average molecular weight is 381 g/mol. The number of nitrogens with zero attached hydrogens (tertiary/aromatic N) is 3. The van der Waals surface area contributed by atoms with Crippen molar-refractivity contribution in [1.29, 1.82) is 0 Å². The second-order valence-electron chi connectivity index (χ2n) is 5.81. The molecule has 0 bridgehead atoms. The highest BCUT2D eigenvalue weighted by Crippen LogP contribution is 2.18. The van der Waals surface area contributed by atoms with Crippen LogP contribution in [-0.2, 0) is 6.42 Å². The Bertz CT molecular complexity index is 909. The van der Waals surface area contributed by atoms with Gasteiger partial charge in [0.2, 0.25) is 5.13 Å². The van der Waals surface area contributed by atoms with Crippen molar-refractivity contribution in [3.63, 3.8) is 0 Å². The van der Waals surface area contributed by atoms with Crippen LogP contribution in [-0.4, -0.2) is 27.0 Å². The molecule has 1 aromatic carbocycles. The number of anilines is 2. The van der Waals surface area contributed by atoms with E-state index < -0.39 is 0 Å². The predicted octanol–water partition coefficient (Wildman–Crippen LogP) is 3.78. The van der Waals surface area contributed by atoms with E-state index in [0.29, 0.717) is 22.1 Å². The van der Waals surface area contributed by atoms with E-state index in [9.17, 15) is 9.59 Å².